The van der Waals surface area contributed by atoms with E-state index in [1.165, 1.54) is 0 Å². The Morgan fingerprint density at radius 3 is 2.58 bits per heavy atom. The fraction of sp³-hybridized carbons (Fsp3) is 0.444. The van der Waals surface area contributed by atoms with Gasteiger partial charge in [-0.05, 0) is 26.0 Å². The molecule has 0 saturated heterocycles. The average molecular weight is 229 g/mol. The number of aromatic nitrogens is 1. The summed E-state index contributed by atoms with van der Waals surface area (Å²) in [5.74, 6) is 1.04. The van der Waals surface area contributed by atoms with Crippen LogP contribution in [-0.4, -0.2) is 18.1 Å². The second-order valence-corrected chi connectivity index (χ2v) is 3.42. The van der Waals surface area contributed by atoms with Crippen LogP contribution in [0, 0.1) is 0 Å². The number of nitrogens with zero attached hydrogens (tertiary/aromatic N) is 2. The summed E-state index contributed by atoms with van der Waals surface area (Å²) in [6, 6.07) is 3.97. The van der Waals surface area contributed by atoms with Crippen molar-refractivity contribution < 1.29 is 0 Å². The maximum absolute atomic E-state index is 4.28. The largest absolute Gasteiger partial charge is 0.357 e. The molecule has 0 aromatic carbocycles. The smallest absolute Gasteiger partial charge is 0.129 e. The minimum atomic E-state index is 1.000. The van der Waals surface area contributed by atoms with Crippen LogP contribution in [0.15, 0.2) is 22.8 Å². The summed E-state index contributed by atoms with van der Waals surface area (Å²) in [6.07, 6.45) is 1.82. The van der Waals surface area contributed by atoms with E-state index in [4.69, 9.17) is 0 Å². The van der Waals surface area contributed by atoms with Gasteiger partial charge in [0.15, 0.2) is 0 Å². The Kier molecular flexibility index (Phi) is 3.53. The first-order chi connectivity index (χ1) is 5.77. The van der Waals surface area contributed by atoms with Crippen LogP contribution in [0.25, 0.3) is 0 Å². The van der Waals surface area contributed by atoms with E-state index in [0.717, 1.165) is 23.4 Å². The molecular weight excluding hydrogens is 216 g/mol. The zero-order chi connectivity index (χ0) is 8.97. The van der Waals surface area contributed by atoms with E-state index >= 15 is 0 Å². The molecule has 0 saturated carbocycles. The summed E-state index contributed by atoms with van der Waals surface area (Å²) in [6.45, 7) is 6.26. The molecule has 0 fully saturated rings. The highest BCUT2D eigenvalue weighted by atomic mass is 79.9. The molecule has 0 N–H and O–H groups in total. The molecule has 1 aromatic heterocycles. The SMILES string of the molecule is CCN(CC)c1cc(Br)ccn1. The molecule has 12 heavy (non-hydrogen) atoms. The van der Waals surface area contributed by atoms with E-state index < -0.39 is 0 Å². The standard InChI is InChI=1S/C9H13BrN2/c1-3-12(4-2)9-7-8(10)5-6-11-9/h5-7H,3-4H2,1-2H3. The Labute approximate surface area is 81.7 Å². The van der Waals surface area contributed by atoms with Crippen LogP contribution in [0.3, 0.4) is 0 Å². The number of hydrogen-bond acceptors (Lipinski definition) is 2. The predicted octanol–water partition coefficient (Wildman–Crippen LogP) is 2.69. The van der Waals surface area contributed by atoms with Gasteiger partial charge in [-0.2, -0.15) is 0 Å². The van der Waals surface area contributed by atoms with E-state index in [0.29, 0.717) is 0 Å². The third-order valence-electron chi connectivity index (χ3n) is 1.79. The summed E-state index contributed by atoms with van der Waals surface area (Å²) in [7, 11) is 0. The summed E-state index contributed by atoms with van der Waals surface area (Å²) in [5, 5.41) is 0. The lowest BCUT2D eigenvalue weighted by molar-refractivity contribution is 0.845. The molecule has 0 aliphatic heterocycles. The van der Waals surface area contributed by atoms with Gasteiger partial charge in [0, 0.05) is 23.8 Å². The number of anilines is 1. The second kappa shape index (κ2) is 4.45. The maximum atomic E-state index is 4.28. The van der Waals surface area contributed by atoms with Crippen molar-refractivity contribution in [3.8, 4) is 0 Å². The molecule has 1 heterocycles. The van der Waals surface area contributed by atoms with Crippen LogP contribution >= 0.6 is 15.9 Å². The molecule has 1 rings (SSSR count). The van der Waals surface area contributed by atoms with Crippen LogP contribution in [0.4, 0.5) is 5.82 Å². The molecule has 0 bridgehead atoms. The number of hydrogen-bond donors (Lipinski definition) is 0. The van der Waals surface area contributed by atoms with Crippen LogP contribution in [0.2, 0.25) is 0 Å². The van der Waals surface area contributed by atoms with Crippen molar-refractivity contribution in [3.05, 3.63) is 22.8 Å². The number of rotatable bonds is 3. The van der Waals surface area contributed by atoms with E-state index in [-0.39, 0.29) is 0 Å². The molecule has 0 spiro atoms. The molecule has 1 aromatic rings. The topological polar surface area (TPSA) is 16.1 Å². The molecule has 0 aliphatic rings. The van der Waals surface area contributed by atoms with Crippen LogP contribution in [-0.2, 0) is 0 Å². The Morgan fingerprint density at radius 1 is 1.42 bits per heavy atom. The number of pyridine rings is 1. The lowest BCUT2D eigenvalue weighted by Gasteiger charge is -2.19. The van der Waals surface area contributed by atoms with Crippen LogP contribution in [0.5, 0.6) is 0 Å². The van der Waals surface area contributed by atoms with Gasteiger partial charge in [0.2, 0.25) is 0 Å². The first-order valence-corrected chi connectivity index (χ1v) is 4.93. The first-order valence-electron chi connectivity index (χ1n) is 4.14. The molecular formula is C9H13BrN2. The van der Waals surface area contributed by atoms with Gasteiger partial charge in [-0.15, -0.1) is 0 Å². The normalized spacial score (nSPS) is 9.92. The predicted molar refractivity (Wildman–Crippen MR) is 55.5 cm³/mol. The Balaban J connectivity index is 2.85. The molecule has 0 amide bonds. The van der Waals surface area contributed by atoms with Gasteiger partial charge >= 0.3 is 0 Å². The van der Waals surface area contributed by atoms with Crippen molar-refractivity contribution in [2.75, 3.05) is 18.0 Å². The van der Waals surface area contributed by atoms with Crippen molar-refractivity contribution in [1.82, 2.24) is 4.98 Å². The van der Waals surface area contributed by atoms with Gasteiger partial charge in [0.05, 0.1) is 0 Å². The minimum Gasteiger partial charge on any atom is -0.357 e. The quantitative estimate of drug-likeness (QED) is 0.792. The third kappa shape index (κ3) is 2.21. The van der Waals surface area contributed by atoms with E-state index in [2.05, 4.69) is 39.7 Å². The molecule has 0 atom stereocenters. The van der Waals surface area contributed by atoms with Crippen LogP contribution in [0.1, 0.15) is 13.8 Å². The summed E-state index contributed by atoms with van der Waals surface area (Å²) in [4.78, 5) is 6.49. The monoisotopic (exact) mass is 228 g/mol. The first kappa shape index (κ1) is 9.52. The van der Waals surface area contributed by atoms with Gasteiger partial charge in [0.1, 0.15) is 5.82 Å². The van der Waals surface area contributed by atoms with Gasteiger partial charge in [-0.1, -0.05) is 15.9 Å². The van der Waals surface area contributed by atoms with E-state index in [9.17, 15) is 0 Å². The van der Waals surface area contributed by atoms with Crippen molar-refractivity contribution in [1.29, 1.82) is 0 Å². The third-order valence-corrected chi connectivity index (χ3v) is 2.29. The average Bonchev–Trinajstić information content (AvgIpc) is 2.07. The Morgan fingerprint density at radius 2 is 2.08 bits per heavy atom. The lowest BCUT2D eigenvalue weighted by atomic mass is 10.4. The van der Waals surface area contributed by atoms with Crippen molar-refractivity contribution in [2.24, 2.45) is 0 Å². The minimum absolute atomic E-state index is 1.000. The zero-order valence-electron chi connectivity index (χ0n) is 7.42. The van der Waals surface area contributed by atoms with Crippen molar-refractivity contribution in [3.63, 3.8) is 0 Å². The highest BCUT2D eigenvalue weighted by molar-refractivity contribution is 9.10. The van der Waals surface area contributed by atoms with Gasteiger partial charge < -0.3 is 4.90 Å². The van der Waals surface area contributed by atoms with Crippen molar-refractivity contribution >= 4 is 21.7 Å². The van der Waals surface area contributed by atoms with Gasteiger partial charge in [-0.3, -0.25) is 0 Å². The fourth-order valence-corrected chi connectivity index (χ4v) is 1.44. The Hall–Kier alpha value is -0.570. The molecule has 0 aliphatic carbocycles. The number of halogens is 1. The molecule has 0 unspecified atom stereocenters. The highest BCUT2D eigenvalue weighted by Gasteiger charge is 2.01. The van der Waals surface area contributed by atoms with Gasteiger partial charge in [-0.25, -0.2) is 4.98 Å². The fourth-order valence-electron chi connectivity index (χ4n) is 1.11. The molecule has 0 radical (unpaired) electrons. The molecule has 2 nitrogen and oxygen atoms in total. The van der Waals surface area contributed by atoms with E-state index in [1.54, 1.807) is 0 Å². The Bertz CT molecular complexity index is 246. The lowest BCUT2D eigenvalue weighted by Crippen LogP contribution is -2.22. The van der Waals surface area contributed by atoms with Crippen LogP contribution < -0.4 is 4.90 Å². The van der Waals surface area contributed by atoms with E-state index in [1.807, 2.05) is 18.3 Å². The molecule has 66 valence electrons. The maximum Gasteiger partial charge on any atom is 0.129 e. The highest BCUT2D eigenvalue weighted by Crippen LogP contribution is 2.16. The summed E-state index contributed by atoms with van der Waals surface area (Å²) in [5.41, 5.74) is 0. The zero-order valence-corrected chi connectivity index (χ0v) is 9.00. The summed E-state index contributed by atoms with van der Waals surface area (Å²) >= 11 is 3.42. The summed E-state index contributed by atoms with van der Waals surface area (Å²) < 4.78 is 1.08. The molecule has 3 heteroatoms. The van der Waals surface area contributed by atoms with Crippen molar-refractivity contribution in [2.45, 2.75) is 13.8 Å². The second-order valence-electron chi connectivity index (χ2n) is 2.50. The van der Waals surface area contributed by atoms with Gasteiger partial charge in [0.25, 0.3) is 0 Å².